The number of fused-ring (bicyclic) bond motifs is 1. The average Bonchev–Trinajstić information content (AvgIpc) is 2.92. The SMILES string of the molecule is Cn1cc(N2CCc3ncc(C(=O)NO)cc3C2)cn1. The highest BCUT2D eigenvalue weighted by Gasteiger charge is 2.20. The van der Waals surface area contributed by atoms with Crippen molar-refractivity contribution in [2.75, 3.05) is 11.4 Å². The zero-order chi connectivity index (χ0) is 14.1. The molecule has 104 valence electrons. The first kappa shape index (κ1) is 12.6. The smallest absolute Gasteiger partial charge is 0.276 e. The van der Waals surface area contributed by atoms with Gasteiger partial charge in [0.1, 0.15) is 0 Å². The molecule has 1 aliphatic heterocycles. The Morgan fingerprint density at radius 3 is 3.00 bits per heavy atom. The van der Waals surface area contributed by atoms with E-state index in [0.717, 1.165) is 29.9 Å². The first-order valence-corrected chi connectivity index (χ1v) is 6.33. The summed E-state index contributed by atoms with van der Waals surface area (Å²) >= 11 is 0. The third kappa shape index (κ3) is 2.23. The van der Waals surface area contributed by atoms with E-state index in [0.29, 0.717) is 12.1 Å². The minimum atomic E-state index is -0.543. The van der Waals surface area contributed by atoms with Gasteiger partial charge in [0, 0.05) is 44.6 Å². The first-order valence-electron chi connectivity index (χ1n) is 6.33. The van der Waals surface area contributed by atoms with Gasteiger partial charge in [0.2, 0.25) is 0 Å². The van der Waals surface area contributed by atoms with Crippen molar-refractivity contribution in [3.05, 3.63) is 41.5 Å². The van der Waals surface area contributed by atoms with Crippen LogP contribution in [0.25, 0.3) is 0 Å². The van der Waals surface area contributed by atoms with Crippen LogP contribution in [0.3, 0.4) is 0 Å². The number of nitrogens with one attached hydrogen (secondary N) is 1. The van der Waals surface area contributed by atoms with Gasteiger partial charge in [0.05, 0.1) is 17.4 Å². The highest BCUT2D eigenvalue weighted by molar-refractivity contribution is 5.93. The monoisotopic (exact) mass is 273 g/mol. The summed E-state index contributed by atoms with van der Waals surface area (Å²) in [6.07, 6.45) is 6.10. The second-order valence-electron chi connectivity index (χ2n) is 4.81. The van der Waals surface area contributed by atoms with Gasteiger partial charge < -0.3 is 4.90 Å². The molecule has 3 heterocycles. The number of anilines is 1. The lowest BCUT2D eigenvalue weighted by atomic mass is 10.0. The number of carbonyl (C=O) groups is 1. The van der Waals surface area contributed by atoms with Crippen molar-refractivity contribution in [1.82, 2.24) is 20.2 Å². The van der Waals surface area contributed by atoms with Crippen molar-refractivity contribution in [2.45, 2.75) is 13.0 Å². The van der Waals surface area contributed by atoms with Gasteiger partial charge in [-0.05, 0) is 11.6 Å². The zero-order valence-corrected chi connectivity index (χ0v) is 11.1. The van der Waals surface area contributed by atoms with Crippen molar-refractivity contribution >= 4 is 11.6 Å². The molecule has 7 heteroatoms. The number of nitrogens with zero attached hydrogens (tertiary/aromatic N) is 4. The first-order chi connectivity index (χ1) is 9.67. The van der Waals surface area contributed by atoms with Gasteiger partial charge in [-0.25, -0.2) is 5.48 Å². The quantitative estimate of drug-likeness (QED) is 0.615. The van der Waals surface area contributed by atoms with Crippen LogP contribution in [0.2, 0.25) is 0 Å². The summed E-state index contributed by atoms with van der Waals surface area (Å²) in [4.78, 5) is 17.9. The Labute approximate surface area is 115 Å². The summed E-state index contributed by atoms with van der Waals surface area (Å²) < 4.78 is 1.76. The molecular weight excluding hydrogens is 258 g/mol. The molecule has 2 aromatic rings. The van der Waals surface area contributed by atoms with E-state index in [-0.39, 0.29) is 0 Å². The average molecular weight is 273 g/mol. The van der Waals surface area contributed by atoms with Crippen LogP contribution < -0.4 is 10.4 Å². The van der Waals surface area contributed by atoms with Crippen molar-refractivity contribution in [1.29, 1.82) is 0 Å². The highest BCUT2D eigenvalue weighted by atomic mass is 16.5. The van der Waals surface area contributed by atoms with Crippen LogP contribution in [0.1, 0.15) is 21.6 Å². The molecule has 3 rings (SSSR count). The Bertz CT molecular complexity index is 652. The Balaban J connectivity index is 1.87. The molecule has 2 N–H and O–H groups in total. The lowest BCUT2D eigenvalue weighted by Gasteiger charge is -2.29. The maximum Gasteiger partial charge on any atom is 0.276 e. The predicted molar refractivity (Wildman–Crippen MR) is 71.5 cm³/mol. The third-order valence-electron chi connectivity index (χ3n) is 3.46. The Hall–Kier alpha value is -2.41. The van der Waals surface area contributed by atoms with E-state index in [4.69, 9.17) is 5.21 Å². The van der Waals surface area contributed by atoms with E-state index in [2.05, 4.69) is 15.0 Å². The maximum atomic E-state index is 11.4. The molecule has 0 saturated heterocycles. The molecule has 0 aliphatic carbocycles. The Kier molecular flexibility index (Phi) is 3.11. The van der Waals surface area contributed by atoms with Crippen molar-refractivity contribution in [2.24, 2.45) is 7.05 Å². The summed E-state index contributed by atoms with van der Waals surface area (Å²) in [6, 6.07) is 1.77. The summed E-state index contributed by atoms with van der Waals surface area (Å²) in [5.41, 5.74) is 5.04. The second-order valence-corrected chi connectivity index (χ2v) is 4.81. The second kappa shape index (κ2) is 4.93. The molecule has 0 spiro atoms. The lowest BCUT2D eigenvalue weighted by Crippen LogP contribution is -2.31. The number of hydroxylamine groups is 1. The zero-order valence-electron chi connectivity index (χ0n) is 11.1. The molecule has 0 bridgehead atoms. The largest absolute Gasteiger partial charge is 0.364 e. The summed E-state index contributed by atoms with van der Waals surface area (Å²) in [5.74, 6) is -0.543. The van der Waals surface area contributed by atoms with Gasteiger partial charge in [0.15, 0.2) is 0 Å². The van der Waals surface area contributed by atoms with Crippen LogP contribution in [0.4, 0.5) is 5.69 Å². The Morgan fingerprint density at radius 2 is 2.30 bits per heavy atom. The minimum absolute atomic E-state index is 0.360. The van der Waals surface area contributed by atoms with Crippen molar-refractivity contribution in [3.8, 4) is 0 Å². The number of hydrogen-bond donors (Lipinski definition) is 2. The van der Waals surface area contributed by atoms with E-state index in [9.17, 15) is 4.79 Å². The standard InChI is InChI=1S/C13H15N5O2/c1-17-8-11(6-15-17)18-3-2-12-10(7-18)4-9(5-14-12)13(19)16-20/h4-6,8,20H,2-3,7H2,1H3,(H,16,19). The van der Waals surface area contributed by atoms with Gasteiger partial charge in [-0.15, -0.1) is 0 Å². The van der Waals surface area contributed by atoms with Crippen LogP contribution in [-0.2, 0) is 20.0 Å². The number of aryl methyl sites for hydroxylation is 1. The van der Waals surface area contributed by atoms with Gasteiger partial charge in [-0.3, -0.25) is 19.7 Å². The molecule has 7 nitrogen and oxygen atoms in total. The molecule has 20 heavy (non-hydrogen) atoms. The normalized spacial score (nSPS) is 14.0. The summed E-state index contributed by atoms with van der Waals surface area (Å²) in [7, 11) is 1.88. The summed E-state index contributed by atoms with van der Waals surface area (Å²) in [5, 5.41) is 12.8. The highest BCUT2D eigenvalue weighted by Crippen LogP contribution is 2.23. The fraction of sp³-hybridized carbons (Fsp3) is 0.308. The van der Waals surface area contributed by atoms with Crippen LogP contribution in [0.15, 0.2) is 24.7 Å². The van der Waals surface area contributed by atoms with E-state index < -0.39 is 5.91 Å². The number of pyridine rings is 1. The van der Waals surface area contributed by atoms with Gasteiger partial charge in [-0.1, -0.05) is 0 Å². The number of hydrogen-bond acceptors (Lipinski definition) is 5. The predicted octanol–water partition coefficient (Wildman–Crippen LogP) is 0.497. The lowest BCUT2D eigenvalue weighted by molar-refractivity contribution is 0.0706. The van der Waals surface area contributed by atoms with Crippen LogP contribution in [0, 0.1) is 0 Å². The molecule has 0 aromatic carbocycles. The number of carbonyl (C=O) groups excluding carboxylic acids is 1. The van der Waals surface area contributed by atoms with Crippen LogP contribution in [0.5, 0.6) is 0 Å². The van der Waals surface area contributed by atoms with E-state index in [1.807, 2.05) is 19.4 Å². The Morgan fingerprint density at radius 1 is 1.45 bits per heavy atom. The van der Waals surface area contributed by atoms with E-state index >= 15 is 0 Å². The molecule has 0 fully saturated rings. The fourth-order valence-corrected chi connectivity index (χ4v) is 2.41. The topological polar surface area (TPSA) is 83.3 Å². The van der Waals surface area contributed by atoms with Crippen LogP contribution in [-0.4, -0.2) is 32.4 Å². The number of rotatable bonds is 2. The van der Waals surface area contributed by atoms with Gasteiger partial charge >= 0.3 is 0 Å². The van der Waals surface area contributed by atoms with Crippen molar-refractivity contribution in [3.63, 3.8) is 0 Å². The minimum Gasteiger partial charge on any atom is -0.364 e. The van der Waals surface area contributed by atoms with E-state index in [1.165, 1.54) is 6.20 Å². The molecule has 0 unspecified atom stereocenters. The maximum absolute atomic E-state index is 11.4. The third-order valence-corrected chi connectivity index (χ3v) is 3.46. The molecular formula is C13H15N5O2. The molecule has 0 atom stereocenters. The molecule has 1 amide bonds. The molecule has 0 radical (unpaired) electrons. The van der Waals surface area contributed by atoms with Crippen molar-refractivity contribution < 1.29 is 10.0 Å². The number of aromatic nitrogens is 3. The molecule has 1 aliphatic rings. The fourth-order valence-electron chi connectivity index (χ4n) is 2.41. The van der Waals surface area contributed by atoms with Crippen LogP contribution >= 0.6 is 0 Å². The molecule has 2 aromatic heterocycles. The van der Waals surface area contributed by atoms with Gasteiger partial charge in [-0.2, -0.15) is 5.10 Å². The van der Waals surface area contributed by atoms with Gasteiger partial charge in [0.25, 0.3) is 5.91 Å². The van der Waals surface area contributed by atoms with E-state index in [1.54, 1.807) is 16.2 Å². The number of amides is 1. The summed E-state index contributed by atoms with van der Waals surface area (Å²) in [6.45, 7) is 1.55. The molecule has 0 saturated carbocycles.